The Hall–Kier alpha value is -4.15. The minimum Gasteiger partial charge on any atom is -0.508 e. The van der Waals surface area contributed by atoms with Crippen LogP contribution in [0.1, 0.15) is 41.8 Å². The number of hydrogen-bond donors (Lipinski definition) is 4. The lowest BCUT2D eigenvalue weighted by molar-refractivity contribution is -0.124. The second-order valence-corrected chi connectivity index (χ2v) is 9.13. The van der Waals surface area contributed by atoms with Gasteiger partial charge in [0.15, 0.2) is 11.9 Å². The van der Waals surface area contributed by atoms with E-state index in [-0.39, 0.29) is 18.0 Å². The van der Waals surface area contributed by atoms with E-state index >= 15 is 0 Å². The molecule has 0 saturated carbocycles. The first-order valence-corrected chi connectivity index (χ1v) is 12.5. The number of aromatic hydroxyl groups is 1. The lowest BCUT2D eigenvalue weighted by atomic mass is 9.99. The topological polar surface area (TPSA) is 134 Å². The van der Waals surface area contributed by atoms with Crippen molar-refractivity contribution in [1.82, 2.24) is 5.48 Å². The molecule has 0 spiro atoms. The maximum absolute atomic E-state index is 13.0. The van der Waals surface area contributed by atoms with Crippen molar-refractivity contribution in [1.29, 1.82) is 0 Å². The fraction of sp³-hybridized carbons (Fsp3) is 0.179. The molecule has 0 fully saturated rings. The molecule has 2 atom stereocenters. The second kappa shape index (κ2) is 14.0. The fourth-order valence-electron chi connectivity index (χ4n) is 3.58. The number of rotatable bonds is 11. The molecule has 198 valence electrons. The zero-order valence-corrected chi connectivity index (χ0v) is 22.1. The largest absolute Gasteiger partial charge is 0.508 e. The van der Waals surface area contributed by atoms with Gasteiger partial charge in [-0.25, -0.2) is 10.3 Å². The van der Waals surface area contributed by atoms with Crippen LogP contribution in [0.4, 0.5) is 10.5 Å². The van der Waals surface area contributed by atoms with Crippen molar-refractivity contribution < 1.29 is 34.2 Å². The summed E-state index contributed by atoms with van der Waals surface area (Å²) in [6.07, 6.45) is 0.663. The van der Waals surface area contributed by atoms with E-state index < -0.39 is 24.2 Å². The van der Waals surface area contributed by atoms with E-state index in [1.807, 2.05) is 6.07 Å². The Morgan fingerprint density at radius 3 is 2.39 bits per heavy atom. The van der Waals surface area contributed by atoms with Crippen molar-refractivity contribution in [3.8, 4) is 11.5 Å². The van der Waals surface area contributed by atoms with E-state index in [1.54, 1.807) is 66.7 Å². The summed E-state index contributed by atoms with van der Waals surface area (Å²) in [4.78, 5) is 35.9. The van der Waals surface area contributed by atoms with Crippen molar-refractivity contribution in [2.75, 3.05) is 5.32 Å². The van der Waals surface area contributed by atoms with Crippen molar-refractivity contribution in [3.63, 3.8) is 0 Å². The molecule has 0 saturated heterocycles. The summed E-state index contributed by atoms with van der Waals surface area (Å²) in [6, 6.07) is 20.0. The lowest BCUT2D eigenvalue weighted by Crippen LogP contribution is -2.31. The van der Waals surface area contributed by atoms with Gasteiger partial charge in [0.1, 0.15) is 17.6 Å². The number of hydrogen-bond acceptors (Lipinski definition) is 7. The molecular formula is C28H27BrN2O7. The second-order valence-electron chi connectivity index (χ2n) is 8.21. The molecule has 3 aromatic rings. The fourth-order valence-corrected chi connectivity index (χ4v) is 3.96. The molecule has 3 rings (SSSR count). The number of carbonyl (C=O) groups excluding carboxylic acids is 3. The first-order chi connectivity index (χ1) is 18.3. The molecule has 0 heterocycles. The number of hydroxylamine groups is 1. The van der Waals surface area contributed by atoms with E-state index in [9.17, 15) is 19.5 Å². The zero-order valence-electron chi connectivity index (χ0n) is 20.5. The number of phenols is 1. The summed E-state index contributed by atoms with van der Waals surface area (Å²) in [6.45, 7) is 1.45. The van der Waals surface area contributed by atoms with Gasteiger partial charge in [0.05, 0.1) is 0 Å². The summed E-state index contributed by atoms with van der Waals surface area (Å²) in [5, 5.41) is 22.0. The molecule has 10 heteroatoms. The van der Waals surface area contributed by atoms with Crippen LogP contribution in [0, 0.1) is 0 Å². The summed E-state index contributed by atoms with van der Waals surface area (Å²) in [5.74, 6) is -0.375. The molecule has 9 nitrogen and oxygen atoms in total. The van der Waals surface area contributed by atoms with E-state index in [1.165, 1.54) is 24.5 Å². The summed E-state index contributed by atoms with van der Waals surface area (Å²) in [5.41, 5.74) is 2.74. The minimum absolute atomic E-state index is 0.101. The summed E-state index contributed by atoms with van der Waals surface area (Å²) >= 11 is 3.39. The molecule has 0 aliphatic rings. The van der Waals surface area contributed by atoms with E-state index in [4.69, 9.17) is 14.7 Å². The number of Topliss-reactive ketones (excluding diaryl/α,β-unsaturated/α-hetero) is 1. The predicted molar refractivity (Wildman–Crippen MR) is 144 cm³/mol. The lowest BCUT2D eigenvalue weighted by Gasteiger charge is -2.28. The van der Waals surface area contributed by atoms with Crippen molar-refractivity contribution in [2.24, 2.45) is 0 Å². The molecule has 38 heavy (non-hydrogen) atoms. The average Bonchev–Trinajstić information content (AvgIpc) is 2.91. The van der Waals surface area contributed by atoms with Crippen LogP contribution in [-0.4, -0.2) is 34.2 Å². The van der Waals surface area contributed by atoms with Crippen LogP contribution in [0.3, 0.4) is 0 Å². The van der Waals surface area contributed by atoms with Gasteiger partial charge in [-0.3, -0.25) is 20.1 Å². The van der Waals surface area contributed by atoms with Gasteiger partial charge in [-0.2, -0.15) is 0 Å². The van der Waals surface area contributed by atoms with Crippen LogP contribution in [0.15, 0.2) is 89.4 Å². The van der Waals surface area contributed by atoms with Crippen LogP contribution in [0.5, 0.6) is 11.5 Å². The third kappa shape index (κ3) is 8.46. The van der Waals surface area contributed by atoms with Crippen LogP contribution >= 0.6 is 15.9 Å². The van der Waals surface area contributed by atoms with Crippen LogP contribution < -0.4 is 15.5 Å². The Labute approximate surface area is 228 Å². The van der Waals surface area contributed by atoms with Gasteiger partial charge in [-0.1, -0.05) is 40.2 Å². The Kier molecular flexibility index (Phi) is 10.4. The molecule has 0 unspecified atom stereocenters. The molecule has 2 amide bonds. The van der Waals surface area contributed by atoms with Gasteiger partial charge in [-0.15, -0.1) is 0 Å². The van der Waals surface area contributed by atoms with Gasteiger partial charge >= 0.3 is 6.09 Å². The predicted octanol–water partition coefficient (Wildman–Crippen LogP) is 5.94. The normalized spacial score (nSPS) is 12.4. The Morgan fingerprint density at radius 1 is 1.03 bits per heavy atom. The Morgan fingerprint density at radius 2 is 1.74 bits per heavy atom. The van der Waals surface area contributed by atoms with E-state index in [0.717, 1.165) is 0 Å². The third-order valence-electron chi connectivity index (χ3n) is 5.43. The summed E-state index contributed by atoms with van der Waals surface area (Å²) in [7, 11) is 0. The van der Waals surface area contributed by atoms with Crippen LogP contribution in [0.2, 0.25) is 0 Å². The highest BCUT2D eigenvalue weighted by Gasteiger charge is 2.31. The average molecular weight is 583 g/mol. The van der Waals surface area contributed by atoms with Gasteiger partial charge in [0.2, 0.25) is 0 Å². The maximum Gasteiger partial charge on any atom is 0.412 e. The highest BCUT2D eigenvalue weighted by Crippen LogP contribution is 2.35. The maximum atomic E-state index is 13.0. The number of ketones is 1. The molecule has 0 aromatic heterocycles. The van der Waals surface area contributed by atoms with E-state index in [2.05, 4.69) is 21.2 Å². The highest BCUT2D eigenvalue weighted by molar-refractivity contribution is 9.10. The zero-order chi connectivity index (χ0) is 27.5. The molecule has 0 aliphatic heterocycles. The van der Waals surface area contributed by atoms with Crippen molar-refractivity contribution in [3.05, 3.63) is 101 Å². The number of allylic oxidation sites excluding steroid dienone is 1. The molecular weight excluding hydrogens is 556 g/mol. The van der Waals surface area contributed by atoms with Gasteiger partial charge in [0, 0.05) is 27.4 Å². The first kappa shape index (κ1) is 28.4. The monoisotopic (exact) mass is 582 g/mol. The molecule has 0 radical (unpaired) electrons. The van der Waals surface area contributed by atoms with Gasteiger partial charge in [0.25, 0.3) is 5.91 Å². The molecule has 0 aliphatic carbocycles. The number of nitrogens with one attached hydrogen (secondary N) is 2. The number of carbonyl (C=O) groups is 3. The number of benzene rings is 3. The molecule has 0 bridgehead atoms. The third-order valence-corrected chi connectivity index (χ3v) is 5.93. The quantitative estimate of drug-likeness (QED) is 0.0951. The van der Waals surface area contributed by atoms with Crippen LogP contribution in [-0.2, 0) is 9.53 Å². The first-order valence-electron chi connectivity index (χ1n) is 11.7. The smallest absolute Gasteiger partial charge is 0.412 e. The number of para-hydroxylation sites is 1. The number of ether oxygens (including phenoxy) is 2. The number of phenolic OH excluding ortho intramolecular Hbond substituents is 1. The standard InChI is InChI=1S/C28H27BrN2O7/c1-18(32)19-11-14-21(15-12-19)30-28(35)38-27(23-17-20(29)13-16-24(23)33)25(9-5-6-10-26(34)31-36)37-22-7-3-2-4-8-22/h2-4,6-8,10-17,25,27,33,36H,5,9H2,1H3,(H,30,35)(H,31,34)/b10-6+/t25-,27-/m1/s1. The minimum atomic E-state index is -1.07. The van der Waals surface area contributed by atoms with Gasteiger partial charge in [-0.05, 0) is 74.4 Å². The van der Waals surface area contributed by atoms with Crippen molar-refractivity contribution >= 4 is 39.4 Å². The Balaban J connectivity index is 1.90. The van der Waals surface area contributed by atoms with E-state index in [0.29, 0.717) is 33.5 Å². The van der Waals surface area contributed by atoms with Crippen LogP contribution in [0.25, 0.3) is 0 Å². The van der Waals surface area contributed by atoms with Crippen molar-refractivity contribution in [2.45, 2.75) is 32.0 Å². The number of halogens is 1. The SMILES string of the molecule is CC(=O)c1ccc(NC(=O)O[C@H](c2cc(Br)ccc2O)[C@@H](CC/C=C/C(=O)NO)Oc2ccccc2)cc1. The number of amides is 2. The molecule has 3 aromatic carbocycles. The highest BCUT2D eigenvalue weighted by atomic mass is 79.9. The summed E-state index contributed by atoms with van der Waals surface area (Å²) < 4.78 is 12.7. The molecule has 4 N–H and O–H groups in total. The number of anilines is 1. The Bertz CT molecular complexity index is 1280. The van der Waals surface area contributed by atoms with Gasteiger partial charge < -0.3 is 14.6 Å².